The molecule has 18 heavy (non-hydrogen) atoms. The van der Waals surface area contributed by atoms with Gasteiger partial charge in [-0.05, 0) is 42.4 Å². The molecule has 2 N–H and O–H groups in total. The van der Waals surface area contributed by atoms with Crippen molar-refractivity contribution >= 4 is 0 Å². The highest BCUT2D eigenvalue weighted by Crippen LogP contribution is 2.36. The molecule has 1 saturated carbocycles. The Kier molecular flexibility index (Phi) is 4.23. The molecule has 0 heterocycles. The fourth-order valence-corrected chi connectivity index (χ4v) is 2.96. The van der Waals surface area contributed by atoms with Crippen LogP contribution in [-0.2, 0) is 0 Å². The first-order valence-electron chi connectivity index (χ1n) is 6.71. The van der Waals surface area contributed by atoms with E-state index in [1.807, 2.05) is 0 Å². The number of nitrogens with two attached hydrogens (primary N) is 1. The van der Waals surface area contributed by atoms with Gasteiger partial charge in [0.1, 0.15) is 0 Å². The molecule has 1 aliphatic rings. The van der Waals surface area contributed by atoms with E-state index in [9.17, 15) is 4.39 Å². The Morgan fingerprint density at radius 2 is 2.17 bits per heavy atom. The second-order valence-electron chi connectivity index (χ2n) is 5.45. The van der Waals surface area contributed by atoms with Gasteiger partial charge in [-0.1, -0.05) is 25.8 Å². The minimum Gasteiger partial charge on any atom is -0.494 e. The molecule has 0 radical (unpaired) electrons. The van der Waals surface area contributed by atoms with E-state index in [4.69, 9.17) is 10.5 Å². The molecule has 1 aromatic carbocycles. The van der Waals surface area contributed by atoms with E-state index in [1.165, 1.54) is 38.9 Å². The Morgan fingerprint density at radius 3 is 2.83 bits per heavy atom. The summed E-state index contributed by atoms with van der Waals surface area (Å²) in [4.78, 5) is 0. The minimum atomic E-state index is -0.328. The van der Waals surface area contributed by atoms with Crippen LogP contribution in [0.5, 0.6) is 5.75 Å². The van der Waals surface area contributed by atoms with Gasteiger partial charge in [-0.3, -0.25) is 0 Å². The zero-order valence-electron chi connectivity index (χ0n) is 11.2. The molecule has 0 amide bonds. The summed E-state index contributed by atoms with van der Waals surface area (Å²) in [5.74, 6) is 1.21. The van der Waals surface area contributed by atoms with E-state index >= 15 is 0 Å². The Labute approximate surface area is 108 Å². The quantitative estimate of drug-likeness (QED) is 0.889. The van der Waals surface area contributed by atoms with E-state index in [0.717, 1.165) is 11.5 Å². The summed E-state index contributed by atoms with van der Waals surface area (Å²) in [6, 6.07) is 4.95. The van der Waals surface area contributed by atoms with Gasteiger partial charge < -0.3 is 10.5 Å². The van der Waals surface area contributed by atoms with Crippen LogP contribution >= 0.6 is 0 Å². The zero-order chi connectivity index (χ0) is 13.1. The molecule has 0 bridgehead atoms. The summed E-state index contributed by atoms with van der Waals surface area (Å²) in [6.45, 7) is 2.28. The zero-order valence-corrected chi connectivity index (χ0v) is 11.2. The van der Waals surface area contributed by atoms with Gasteiger partial charge in [0.2, 0.25) is 0 Å². The Balaban J connectivity index is 2.14. The molecular formula is C15H22FNO. The number of hydrogen-bond donors (Lipinski definition) is 1. The molecule has 3 unspecified atom stereocenters. The lowest BCUT2D eigenvalue weighted by Crippen LogP contribution is -2.26. The van der Waals surface area contributed by atoms with Gasteiger partial charge in [0, 0.05) is 6.04 Å². The van der Waals surface area contributed by atoms with Crippen molar-refractivity contribution in [1.29, 1.82) is 0 Å². The highest BCUT2D eigenvalue weighted by atomic mass is 19.1. The molecule has 2 nitrogen and oxygen atoms in total. The van der Waals surface area contributed by atoms with Crippen LogP contribution in [0.2, 0.25) is 0 Å². The summed E-state index contributed by atoms with van der Waals surface area (Å²) in [5, 5.41) is 0. The smallest absolute Gasteiger partial charge is 0.165 e. The number of hydrogen-bond acceptors (Lipinski definition) is 2. The maximum absolute atomic E-state index is 13.4. The van der Waals surface area contributed by atoms with Gasteiger partial charge in [-0.25, -0.2) is 4.39 Å². The van der Waals surface area contributed by atoms with Crippen molar-refractivity contribution in [2.75, 3.05) is 7.11 Å². The molecule has 1 aliphatic carbocycles. The number of methoxy groups -OCH3 is 1. The molecule has 1 aromatic rings. The van der Waals surface area contributed by atoms with Crippen LogP contribution in [0.4, 0.5) is 4.39 Å². The van der Waals surface area contributed by atoms with Crippen LogP contribution in [0.1, 0.15) is 44.2 Å². The number of ether oxygens (including phenoxy) is 1. The van der Waals surface area contributed by atoms with Gasteiger partial charge in [-0.2, -0.15) is 0 Å². The third-order valence-electron chi connectivity index (χ3n) is 4.04. The normalized spacial score (nSPS) is 25.8. The fourth-order valence-electron chi connectivity index (χ4n) is 2.96. The molecule has 3 heteroatoms. The lowest BCUT2D eigenvalue weighted by Gasteiger charge is -2.31. The van der Waals surface area contributed by atoms with Crippen molar-refractivity contribution in [2.45, 2.75) is 38.6 Å². The van der Waals surface area contributed by atoms with Crippen LogP contribution in [0.15, 0.2) is 18.2 Å². The Bertz CT molecular complexity index is 407. The molecule has 0 saturated heterocycles. The van der Waals surface area contributed by atoms with Crippen molar-refractivity contribution in [3.8, 4) is 5.75 Å². The van der Waals surface area contributed by atoms with Gasteiger partial charge in [0.15, 0.2) is 11.6 Å². The lowest BCUT2D eigenvalue weighted by atomic mass is 9.77. The molecule has 100 valence electrons. The van der Waals surface area contributed by atoms with E-state index in [1.54, 1.807) is 12.1 Å². The topological polar surface area (TPSA) is 35.2 Å². The monoisotopic (exact) mass is 251 g/mol. The van der Waals surface area contributed by atoms with E-state index in [-0.39, 0.29) is 17.6 Å². The second-order valence-corrected chi connectivity index (χ2v) is 5.45. The van der Waals surface area contributed by atoms with Gasteiger partial charge in [-0.15, -0.1) is 0 Å². The summed E-state index contributed by atoms with van der Waals surface area (Å²) in [5.41, 5.74) is 7.31. The van der Waals surface area contributed by atoms with Crippen molar-refractivity contribution in [2.24, 2.45) is 17.6 Å². The first-order chi connectivity index (χ1) is 8.61. The van der Waals surface area contributed by atoms with Crippen molar-refractivity contribution in [3.05, 3.63) is 29.6 Å². The molecule has 0 aliphatic heterocycles. The largest absolute Gasteiger partial charge is 0.494 e. The third kappa shape index (κ3) is 2.83. The van der Waals surface area contributed by atoms with Crippen LogP contribution < -0.4 is 10.5 Å². The standard InChI is InChI=1S/C15H22FNO/c1-10-4-3-5-11(8-10)15(17)12-6-7-13(16)14(9-12)18-2/h6-7,9-11,15H,3-5,8,17H2,1-2H3. The van der Waals surface area contributed by atoms with Gasteiger partial charge in [0.05, 0.1) is 7.11 Å². The van der Waals surface area contributed by atoms with Crippen molar-refractivity contribution < 1.29 is 9.13 Å². The first-order valence-corrected chi connectivity index (χ1v) is 6.71. The fraction of sp³-hybridized carbons (Fsp3) is 0.600. The van der Waals surface area contributed by atoms with Gasteiger partial charge >= 0.3 is 0 Å². The van der Waals surface area contributed by atoms with E-state index in [2.05, 4.69) is 6.92 Å². The lowest BCUT2D eigenvalue weighted by molar-refractivity contribution is 0.247. The second kappa shape index (κ2) is 5.70. The summed E-state index contributed by atoms with van der Waals surface area (Å²) >= 11 is 0. The highest BCUT2D eigenvalue weighted by molar-refractivity contribution is 5.32. The van der Waals surface area contributed by atoms with E-state index in [0.29, 0.717) is 5.92 Å². The molecular weight excluding hydrogens is 229 g/mol. The molecule has 1 fully saturated rings. The van der Waals surface area contributed by atoms with Crippen LogP contribution in [0.25, 0.3) is 0 Å². The third-order valence-corrected chi connectivity index (χ3v) is 4.04. The molecule has 3 atom stereocenters. The maximum Gasteiger partial charge on any atom is 0.165 e. The highest BCUT2D eigenvalue weighted by Gasteiger charge is 2.25. The molecule has 0 aromatic heterocycles. The SMILES string of the molecule is COc1cc(C(N)C2CCCC(C)C2)ccc1F. The Hall–Kier alpha value is -1.09. The number of benzene rings is 1. The van der Waals surface area contributed by atoms with Crippen LogP contribution in [0.3, 0.4) is 0 Å². The Morgan fingerprint density at radius 1 is 1.39 bits per heavy atom. The van der Waals surface area contributed by atoms with Crippen molar-refractivity contribution in [1.82, 2.24) is 0 Å². The summed E-state index contributed by atoms with van der Waals surface area (Å²) < 4.78 is 18.4. The average molecular weight is 251 g/mol. The van der Waals surface area contributed by atoms with Crippen LogP contribution in [-0.4, -0.2) is 7.11 Å². The maximum atomic E-state index is 13.4. The minimum absolute atomic E-state index is 0.0118. The van der Waals surface area contributed by atoms with E-state index < -0.39 is 0 Å². The predicted molar refractivity (Wildman–Crippen MR) is 71.0 cm³/mol. The summed E-state index contributed by atoms with van der Waals surface area (Å²) in [6.07, 6.45) is 4.89. The number of halogens is 1. The first kappa shape index (κ1) is 13.3. The number of rotatable bonds is 3. The predicted octanol–water partition coefficient (Wildman–Crippen LogP) is 3.66. The van der Waals surface area contributed by atoms with Crippen molar-refractivity contribution in [3.63, 3.8) is 0 Å². The summed E-state index contributed by atoms with van der Waals surface area (Å²) in [7, 11) is 1.48. The molecule has 0 spiro atoms. The van der Waals surface area contributed by atoms with Gasteiger partial charge in [0.25, 0.3) is 0 Å². The molecule has 2 rings (SSSR count). The average Bonchev–Trinajstić information content (AvgIpc) is 2.38. The van der Waals surface area contributed by atoms with Crippen LogP contribution in [0, 0.1) is 17.7 Å².